The van der Waals surface area contributed by atoms with Crippen LogP contribution in [0.2, 0.25) is 0 Å². The number of benzene rings is 1. The molecule has 1 N–H and O–H groups in total. The zero-order valence-electron chi connectivity index (χ0n) is 13.5. The molecule has 0 unspecified atom stereocenters. The lowest BCUT2D eigenvalue weighted by Gasteiger charge is -2.16. The normalized spacial score (nSPS) is 14.5. The van der Waals surface area contributed by atoms with Gasteiger partial charge in [0.15, 0.2) is 0 Å². The lowest BCUT2D eigenvalue weighted by molar-refractivity contribution is -0.137. The van der Waals surface area contributed by atoms with Crippen molar-refractivity contribution in [3.63, 3.8) is 0 Å². The molecule has 2 nitrogen and oxygen atoms in total. The fourth-order valence-corrected chi connectivity index (χ4v) is 2.90. The van der Waals surface area contributed by atoms with Gasteiger partial charge in [-0.1, -0.05) is 12.6 Å². The smallest absolute Gasteiger partial charge is 0.388 e. The first-order chi connectivity index (χ1) is 11.4. The molecule has 3 rings (SSSR count). The molecule has 0 radical (unpaired) electrons. The minimum atomic E-state index is -4.30. The molecular weight excluding hydrogens is 313 g/mol. The van der Waals surface area contributed by atoms with E-state index in [4.69, 9.17) is 0 Å². The van der Waals surface area contributed by atoms with Gasteiger partial charge in [0.1, 0.15) is 0 Å². The number of nitrogens with zero attached hydrogens (tertiary/aromatic N) is 1. The van der Waals surface area contributed by atoms with Crippen LogP contribution in [0.25, 0.3) is 5.70 Å². The zero-order valence-corrected chi connectivity index (χ0v) is 13.5. The highest BCUT2D eigenvalue weighted by molar-refractivity contribution is 5.64. The lowest BCUT2D eigenvalue weighted by Crippen LogP contribution is -2.09. The van der Waals surface area contributed by atoms with Crippen LogP contribution in [-0.2, 0) is 12.6 Å². The molecule has 1 aromatic heterocycles. The first kappa shape index (κ1) is 16.6. The summed E-state index contributed by atoms with van der Waals surface area (Å²) < 4.78 is 39.0. The van der Waals surface area contributed by atoms with Gasteiger partial charge < -0.3 is 5.32 Å². The Labute approximate surface area is 139 Å². The molecule has 0 aliphatic heterocycles. The molecule has 1 aliphatic rings. The summed E-state index contributed by atoms with van der Waals surface area (Å²) in [5.41, 5.74) is 3.85. The van der Waals surface area contributed by atoms with Crippen molar-refractivity contribution in [2.75, 3.05) is 7.05 Å². The van der Waals surface area contributed by atoms with E-state index in [0.29, 0.717) is 6.42 Å². The van der Waals surface area contributed by atoms with Gasteiger partial charge >= 0.3 is 6.18 Å². The maximum atomic E-state index is 13.0. The lowest BCUT2D eigenvalue weighted by atomic mass is 9.93. The Hall–Kier alpha value is -2.30. The van der Waals surface area contributed by atoms with Crippen LogP contribution >= 0.6 is 0 Å². The Bertz CT molecular complexity index is 761. The predicted octanol–water partition coefficient (Wildman–Crippen LogP) is 4.76. The Morgan fingerprint density at radius 2 is 2.00 bits per heavy atom. The number of aromatic nitrogens is 1. The Morgan fingerprint density at radius 1 is 1.25 bits per heavy atom. The second-order valence-electron chi connectivity index (χ2n) is 6.12. The van der Waals surface area contributed by atoms with E-state index in [2.05, 4.69) is 16.9 Å². The standard InChI is InChI=1S/C19H19F3N2/c1-12(23-2)18-11-24-8-7-15(18)9-14-5-6-16(19(20,21)22)10-17(14)13-3-4-13/h5-8,10-11,13,23H,1,3-4,9H2,2H3. The van der Waals surface area contributed by atoms with Gasteiger partial charge in [-0.05, 0) is 60.1 Å². The van der Waals surface area contributed by atoms with Crippen molar-refractivity contribution in [1.82, 2.24) is 10.3 Å². The van der Waals surface area contributed by atoms with Crippen molar-refractivity contribution < 1.29 is 13.2 Å². The first-order valence-corrected chi connectivity index (χ1v) is 7.90. The molecule has 0 spiro atoms. The molecule has 1 saturated carbocycles. The maximum absolute atomic E-state index is 13.0. The molecule has 2 aromatic rings. The monoisotopic (exact) mass is 332 g/mol. The number of hydrogen-bond donors (Lipinski definition) is 1. The molecule has 1 aliphatic carbocycles. The van der Waals surface area contributed by atoms with Crippen LogP contribution in [-0.4, -0.2) is 12.0 Å². The predicted molar refractivity (Wildman–Crippen MR) is 88.6 cm³/mol. The van der Waals surface area contributed by atoms with Crippen molar-refractivity contribution in [2.45, 2.75) is 31.4 Å². The van der Waals surface area contributed by atoms with Crippen LogP contribution in [0.4, 0.5) is 13.2 Å². The summed E-state index contributed by atoms with van der Waals surface area (Å²) in [5, 5.41) is 3.00. The summed E-state index contributed by atoms with van der Waals surface area (Å²) in [5.74, 6) is 0.250. The molecule has 126 valence electrons. The topological polar surface area (TPSA) is 24.9 Å². The van der Waals surface area contributed by atoms with Gasteiger partial charge in [0.2, 0.25) is 0 Å². The minimum absolute atomic E-state index is 0.250. The van der Waals surface area contributed by atoms with Gasteiger partial charge in [-0.25, -0.2) is 0 Å². The Morgan fingerprint density at radius 3 is 2.62 bits per heavy atom. The van der Waals surface area contributed by atoms with E-state index in [1.807, 2.05) is 6.07 Å². The molecule has 0 bridgehead atoms. The van der Waals surface area contributed by atoms with E-state index >= 15 is 0 Å². The highest BCUT2D eigenvalue weighted by atomic mass is 19.4. The molecule has 1 heterocycles. The first-order valence-electron chi connectivity index (χ1n) is 7.90. The second-order valence-corrected chi connectivity index (χ2v) is 6.12. The van der Waals surface area contributed by atoms with Gasteiger partial charge in [0.25, 0.3) is 0 Å². The zero-order chi connectivity index (χ0) is 17.3. The number of nitrogens with one attached hydrogen (secondary N) is 1. The van der Waals surface area contributed by atoms with E-state index in [-0.39, 0.29) is 5.92 Å². The molecule has 0 amide bonds. The quantitative estimate of drug-likeness (QED) is 0.854. The van der Waals surface area contributed by atoms with Crippen LogP contribution in [0, 0.1) is 0 Å². The molecule has 0 saturated heterocycles. The number of rotatable bonds is 5. The highest BCUT2D eigenvalue weighted by Crippen LogP contribution is 2.44. The summed E-state index contributed by atoms with van der Waals surface area (Å²) in [7, 11) is 1.78. The van der Waals surface area contributed by atoms with Crippen LogP contribution in [0.1, 0.15) is 46.6 Å². The molecular formula is C19H19F3N2. The van der Waals surface area contributed by atoms with Crippen molar-refractivity contribution >= 4 is 5.70 Å². The third-order valence-corrected chi connectivity index (χ3v) is 4.41. The van der Waals surface area contributed by atoms with Crippen LogP contribution in [0.15, 0.2) is 43.2 Å². The van der Waals surface area contributed by atoms with Crippen molar-refractivity contribution in [3.8, 4) is 0 Å². The van der Waals surface area contributed by atoms with E-state index in [9.17, 15) is 13.2 Å². The van der Waals surface area contributed by atoms with Gasteiger partial charge in [0, 0.05) is 30.7 Å². The summed E-state index contributed by atoms with van der Waals surface area (Å²) in [4.78, 5) is 4.12. The van der Waals surface area contributed by atoms with Crippen LogP contribution < -0.4 is 5.32 Å². The average molecular weight is 332 g/mol. The molecule has 1 aromatic carbocycles. The molecule has 0 atom stereocenters. The maximum Gasteiger partial charge on any atom is 0.416 e. The van der Waals surface area contributed by atoms with Gasteiger partial charge in [-0.15, -0.1) is 0 Å². The molecule has 1 fully saturated rings. The second kappa shape index (κ2) is 6.30. The van der Waals surface area contributed by atoms with Crippen molar-refractivity contribution in [3.05, 3.63) is 71.1 Å². The van der Waals surface area contributed by atoms with Gasteiger partial charge in [-0.3, -0.25) is 4.98 Å². The SMILES string of the molecule is C=C(NC)c1cnccc1Cc1ccc(C(F)(F)F)cc1C1CC1. The van der Waals surface area contributed by atoms with Gasteiger partial charge in [0.05, 0.1) is 5.56 Å². The van der Waals surface area contributed by atoms with Crippen molar-refractivity contribution in [1.29, 1.82) is 0 Å². The number of halogens is 3. The summed E-state index contributed by atoms with van der Waals surface area (Å²) >= 11 is 0. The highest BCUT2D eigenvalue weighted by Gasteiger charge is 2.33. The van der Waals surface area contributed by atoms with Crippen LogP contribution in [0.3, 0.4) is 0 Å². The minimum Gasteiger partial charge on any atom is -0.388 e. The van der Waals surface area contributed by atoms with Crippen molar-refractivity contribution in [2.24, 2.45) is 0 Å². The molecule has 5 heteroatoms. The average Bonchev–Trinajstić information content (AvgIpc) is 3.39. The van der Waals surface area contributed by atoms with E-state index in [1.54, 1.807) is 25.5 Å². The fourth-order valence-electron chi connectivity index (χ4n) is 2.90. The summed E-state index contributed by atoms with van der Waals surface area (Å²) in [6, 6.07) is 6.00. The van der Waals surface area contributed by atoms with E-state index in [0.717, 1.165) is 40.8 Å². The van der Waals surface area contributed by atoms with Gasteiger partial charge in [-0.2, -0.15) is 13.2 Å². The van der Waals surface area contributed by atoms with E-state index < -0.39 is 11.7 Å². The molecule has 24 heavy (non-hydrogen) atoms. The summed E-state index contributed by atoms with van der Waals surface area (Å²) in [6.45, 7) is 3.96. The largest absolute Gasteiger partial charge is 0.416 e. The summed E-state index contributed by atoms with van der Waals surface area (Å²) in [6.07, 6.45) is 1.62. The third-order valence-electron chi connectivity index (χ3n) is 4.41. The number of pyridine rings is 1. The van der Waals surface area contributed by atoms with Crippen LogP contribution in [0.5, 0.6) is 0 Å². The fraction of sp³-hybridized carbons (Fsp3) is 0.316. The third kappa shape index (κ3) is 3.45. The number of hydrogen-bond acceptors (Lipinski definition) is 2. The van der Waals surface area contributed by atoms with E-state index in [1.165, 1.54) is 12.1 Å². The Balaban J connectivity index is 1.98. The number of alkyl halides is 3. The Kier molecular flexibility index (Phi) is 4.35.